The van der Waals surface area contributed by atoms with E-state index in [9.17, 15) is 14.4 Å². The fourth-order valence-electron chi connectivity index (χ4n) is 5.01. The molecule has 42 heavy (non-hydrogen) atoms. The summed E-state index contributed by atoms with van der Waals surface area (Å²) in [5, 5.41) is 11.4. The van der Waals surface area contributed by atoms with Gasteiger partial charge in [-0.1, -0.05) is 41.6 Å². The lowest BCUT2D eigenvalue weighted by molar-refractivity contribution is -0.142. The van der Waals surface area contributed by atoms with Gasteiger partial charge in [-0.15, -0.1) is 5.10 Å². The van der Waals surface area contributed by atoms with Crippen LogP contribution in [0.2, 0.25) is 0 Å². The molecule has 2 atom stereocenters. The Labute approximate surface area is 243 Å². The third-order valence-corrected chi connectivity index (χ3v) is 7.27. The second-order valence-electron chi connectivity index (χ2n) is 10.0. The Morgan fingerprint density at radius 3 is 2.50 bits per heavy atom. The van der Waals surface area contributed by atoms with E-state index >= 15 is 0 Å². The van der Waals surface area contributed by atoms with Crippen LogP contribution in [0, 0.1) is 0 Å². The minimum atomic E-state index is -1.01. The van der Waals surface area contributed by atoms with Crippen molar-refractivity contribution in [2.45, 2.75) is 38.1 Å². The summed E-state index contributed by atoms with van der Waals surface area (Å²) in [6, 6.07) is 20.2. The number of para-hydroxylation sites is 1. The van der Waals surface area contributed by atoms with Gasteiger partial charge >= 0.3 is 5.97 Å². The molecule has 1 aliphatic heterocycles. The molecule has 0 unspecified atom stereocenters. The third-order valence-electron chi connectivity index (χ3n) is 7.27. The van der Waals surface area contributed by atoms with Gasteiger partial charge in [-0.2, -0.15) is 0 Å². The standard InChI is InChI=1S/C31H33N5O6/c1-40-24-15-9-21(10-16-24)19-35(28(37)20-36-27-8-4-3-7-26(27)33-34-36)29(30(38)32-18-25-6-5-17-42-25)22-11-13-23(14-12-22)31(39)41-2/h3-4,7-16,25,29H,5-6,17-20H2,1-2H3,(H,32,38)/t25-,29-/m0/s1. The molecule has 2 heterocycles. The molecule has 1 N–H and O–H groups in total. The van der Waals surface area contributed by atoms with Crippen LogP contribution < -0.4 is 10.1 Å². The Bertz CT molecular complexity index is 1530. The van der Waals surface area contributed by atoms with E-state index in [0.29, 0.717) is 41.1 Å². The number of esters is 1. The van der Waals surface area contributed by atoms with E-state index in [1.807, 2.05) is 36.4 Å². The predicted molar refractivity (Wildman–Crippen MR) is 154 cm³/mol. The molecule has 11 heteroatoms. The molecule has 218 valence electrons. The van der Waals surface area contributed by atoms with E-state index in [0.717, 1.165) is 18.4 Å². The summed E-state index contributed by atoms with van der Waals surface area (Å²) in [7, 11) is 2.89. The highest BCUT2D eigenvalue weighted by Crippen LogP contribution is 2.26. The average molecular weight is 572 g/mol. The highest BCUT2D eigenvalue weighted by molar-refractivity contribution is 5.91. The lowest BCUT2D eigenvalue weighted by Crippen LogP contribution is -2.46. The Balaban J connectivity index is 1.51. The molecule has 11 nitrogen and oxygen atoms in total. The average Bonchev–Trinajstić information content (AvgIpc) is 3.70. The van der Waals surface area contributed by atoms with Gasteiger partial charge < -0.3 is 24.4 Å². The van der Waals surface area contributed by atoms with Crippen molar-refractivity contribution in [3.63, 3.8) is 0 Å². The molecule has 0 saturated carbocycles. The summed E-state index contributed by atoms with van der Waals surface area (Å²) < 4.78 is 17.4. The van der Waals surface area contributed by atoms with Crippen LogP contribution in [0.5, 0.6) is 5.75 Å². The smallest absolute Gasteiger partial charge is 0.337 e. The number of hydrogen-bond acceptors (Lipinski definition) is 8. The Morgan fingerprint density at radius 1 is 1.05 bits per heavy atom. The molecule has 1 aromatic heterocycles. The molecule has 1 saturated heterocycles. The minimum absolute atomic E-state index is 0.0800. The largest absolute Gasteiger partial charge is 0.497 e. The lowest BCUT2D eigenvalue weighted by Gasteiger charge is -2.32. The molecule has 2 amide bonds. The van der Waals surface area contributed by atoms with E-state index in [-0.39, 0.29) is 31.0 Å². The first-order chi connectivity index (χ1) is 20.5. The molecule has 1 aliphatic rings. The summed E-state index contributed by atoms with van der Waals surface area (Å²) in [4.78, 5) is 41.7. The van der Waals surface area contributed by atoms with Crippen molar-refractivity contribution in [1.82, 2.24) is 25.2 Å². The van der Waals surface area contributed by atoms with Crippen molar-refractivity contribution in [1.29, 1.82) is 0 Å². The number of fused-ring (bicyclic) bond motifs is 1. The highest BCUT2D eigenvalue weighted by Gasteiger charge is 2.33. The summed E-state index contributed by atoms with van der Waals surface area (Å²) in [6.07, 6.45) is 1.71. The van der Waals surface area contributed by atoms with Gasteiger partial charge in [-0.25, -0.2) is 9.48 Å². The molecular formula is C31H33N5O6. The van der Waals surface area contributed by atoms with Gasteiger partial charge in [0.15, 0.2) is 0 Å². The van der Waals surface area contributed by atoms with E-state index in [2.05, 4.69) is 15.6 Å². The van der Waals surface area contributed by atoms with Crippen molar-refractivity contribution in [2.24, 2.45) is 0 Å². The normalized spacial score (nSPS) is 15.2. The molecule has 3 aromatic carbocycles. The summed E-state index contributed by atoms with van der Waals surface area (Å²) in [6.45, 7) is 0.986. The molecule has 4 aromatic rings. The number of benzene rings is 3. The van der Waals surface area contributed by atoms with Gasteiger partial charge in [0.25, 0.3) is 0 Å². The van der Waals surface area contributed by atoms with Crippen molar-refractivity contribution in [3.05, 3.63) is 89.5 Å². The number of methoxy groups -OCH3 is 2. The number of hydrogen-bond donors (Lipinski definition) is 1. The monoisotopic (exact) mass is 571 g/mol. The zero-order valence-corrected chi connectivity index (χ0v) is 23.6. The van der Waals surface area contributed by atoms with Crippen LogP contribution in [0.3, 0.4) is 0 Å². The quantitative estimate of drug-likeness (QED) is 0.272. The molecule has 0 bridgehead atoms. The van der Waals surface area contributed by atoms with Crippen molar-refractivity contribution in [3.8, 4) is 5.75 Å². The van der Waals surface area contributed by atoms with Crippen molar-refractivity contribution >= 4 is 28.8 Å². The first-order valence-corrected chi connectivity index (χ1v) is 13.7. The number of ether oxygens (including phenoxy) is 3. The summed E-state index contributed by atoms with van der Waals surface area (Å²) in [5.41, 5.74) is 3.05. The molecule has 0 aliphatic carbocycles. The number of carbonyl (C=O) groups is 3. The third kappa shape index (κ3) is 6.58. The number of carbonyl (C=O) groups excluding carboxylic acids is 3. The zero-order chi connectivity index (χ0) is 29.5. The topological polar surface area (TPSA) is 125 Å². The van der Waals surface area contributed by atoms with E-state index in [1.54, 1.807) is 43.5 Å². The molecule has 5 rings (SSSR count). The number of aromatic nitrogens is 3. The maximum Gasteiger partial charge on any atom is 0.337 e. The fourth-order valence-corrected chi connectivity index (χ4v) is 5.01. The first-order valence-electron chi connectivity index (χ1n) is 13.7. The Morgan fingerprint density at radius 2 is 1.81 bits per heavy atom. The van der Waals surface area contributed by atoms with Crippen LogP contribution in [0.1, 0.15) is 40.4 Å². The summed E-state index contributed by atoms with van der Waals surface area (Å²) >= 11 is 0. The highest BCUT2D eigenvalue weighted by atomic mass is 16.5. The zero-order valence-electron chi connectivity index (χ0n) is 23.6. The van der Waals surface area contributed by atoms with Crippen LogP contribution in [-0.2, 0) is 32.2 Å². The Kier molecular flexibility index (Phi) is 9.08. The van der Waals surface area contributed by atoms with E-state index in [4.69, 9.17) is 14.2 Å². The molecular weight excluding hydrogens is 538 g/mol. The van der Waals surface area contributed by atoms with Gasteiger partial charge in [0.2, 0.25) is 11.8 Å². The Hall–Kier alpha value is -4.77. The second-order valence-corrected chi connectivity index (χ2v) is 10.0. The second kappa shape index (κ2) is 13.3. The van der Waals surface area contributed by atoms with Gasteiger partial charge in [0.1, 0.15) is 23.9 Å². The fraction of sp³-hybridized carbons (Fsp3) is 0.323. The number of amides is 2. The van der Waals surface area contributed by atoms with Gasteiger partial charge in [0.05, 0.1) is 31.4 Å². The number of nitrogens with one attached hydrogen (secondary N) is 1. The molecule has 1 fully saturated rings. The maximum atomic E-state index is 14.1. The van der Waals surface area contributed by atoms with Crippen LogP contribution in [0.15, 0.2) is 72.8 Å². The summed E-state index contributed by atoms with van der Waals surface area (Å²) in [5.74, 6) is -0.516. The van der Waals surface area contributed by atoms with Gasteiger partial charge in [0, 0.05) is 19.7 Å². The van der Waals surface area contributed by atoms with Crippen LogP contribution in [-0.4, -0.2) is 71.2 Å². The number of rotatable bonds is 11. The minimum Gasteiger partial charge on any atom is -0.497 e. The van der Waals surface area contributed by atoms with Crippen molar-refractivity contribution in [2.75, 3.05) is 27.4 Å². The van der Waals surface area contributed by atoms with Crippen LogP contribution in [0.4, 0.5) is 0 Å². The van der Waals surface area contributed by atoms with Gasteiger partial charge in [-0.05, 0) is 60.4 Å². The molecule has 0 spiro atoms. The maximum absolute atomic E-state index is 14.1. The first kappa shape index (κ1) is 28.7. The number of nitrogens with zero attached hydrogens (tertiary/aromatic N) is 4. The van der Waals surface area contributed by atoms with E-state index in [1.165, 1.54) is 16.7 Å². The van der Waals surface area contributed by atoms with Crippen molar-refractivity contribution < 1.29 is 28.6 Å². The van der Waals surface area contributed by atoms with Crippen LogP contribution in [0.25, 0.3) is 11.0 Å². The predicted octanol–water partition coefficient (Wildman–Crippen LogP) is 3.29. The lowest BCUT2D eigenvalue weighted by atomic mass is 10.0. The SMILES string of the molecule is COC(=O)c1ccc([C@@H](C(=O)NC[C@@H]2CCCO2)N(Cc2ccc(OC)cc2)C(=O)Cn2nnc3ccccc32)cc1. The molecule has 0 radical (unpaired) electrons. The van der Waals surface area contributed by atoms with Gasteiger partial charge in [-0.3, -0.25) is 9.59 Å². The van der Waals surface area contributed by atoms with Crippen LogP contribution >= 0.6 is 0 Å². The van der Waals surface area contributed by atoms with E-state index < -0.39 is 12.0 Å².